The number of Topliss-reactive ketones (excluding diaryl/α,β-unsaturated/α-hetero) is 2. The highest BCUT2D eigenvalue weighted by molar-refractivity contribution is 6.14. The first kappa shape index (κ1) is 19.5. The average Bonchev–Trinajstić information content (AvgIpc) is 2.76. The van der Waals surface area contributed by atoms with Gasteiger partial charge in [0.2, 0.25) is 0 Å². The summed E-state index contributed by atoms with van der Waals surface area (Å²) in [6.07, 6.45) is 8.48. The zero-order chi connectivity index (χ0) is 21.5. The molecular formula is C26H18O4. The monoisotopic (exact) mass is 394 g/mol. The topological polar surface area (TPSA) is 68.3 Å². The average molecular weight is 394 g/mol. The second kappa shape index (κ2) is 7.20. The summed E-state index contributed by atoms with van der Waals surface area (Å²) in [5.41, 5.74) is 2.21. The van der Waals surface area contributed by atoms with Crippen LogP contribution in [0.1, 0.15) is 42.0 Å². The van der Waals surface area contributed by atoms with Crippen LogP contribution in [0.3, 0.4) is 0 Å². The van der Waals surface area contributed by atoms with Crippen LogP contribution in [-0.2, 0) is 19.2 Å². The molecule has 30 heavy (non-hydrogen) atoms. The predicted octanol–water partition coefficient (Wildman–Crippen LogP) is 2.08. The molecule has 0 spiro atoms. The van der Waals surface area contributed by atoms with Crippen molar-refractivity contribution < 1.29 is 19.2 Å². The lowest BCUT2D eigenvalue weighted by molar-refractivity contribution is -0.131. The van der Waals surface area contributed by atoms with Crippen LogP contribution in [0.5, 0.6) is 0 Å². The maximum atomic E-state index is 12.3. The number of ketones is 2. The summed E-state index contributed by atoms with van der Waals surface area (Å²) in [5, 5.41) is 0.988. The molecule has 0 aliphatic heterocycles. The lowest BCUT2D eigenvalue weighted by Crippen LogP contribution is -2.37. The van der Waals surface area contributed by atoms with E-state index in [1.165, 1.54) is 13.8 Å². The normalized spacial score (nSPS) is 17.8. The van der Waals surface area contributed by atoms with Gasteiger partial charge in [0.15, 0.2) is 11.6 Å². The molecule has 0 unspecified atom stereocenters. The van der Waals surface area contributed by atoms with Gasteiger partial charge in [0, 0.05) is 11.5 Å². The first-order valence-corrected chi connectivity index (χ1v) is 9.57. The van der Waals surface area contributed by atoms with Crippen LogP contribution in [0.15, 0.2) is 54.1 Å². The lowest BCUT2D eigenvalue weighted by atomic mass is 9.72. The van der Waals surface area contributed by atoms with E-state index in [1.54, 1.807) is 36.4 Å². The summed E-state index contributed by atoms with van der Waals surface area (Å²) in [5.74, 6) is 2.94. The summed E-state index contributed by atoms with van der Waals surface area (Å²) >= 11 is 0. The molecule has 2 aliphatic carbocycles. The molecule has 0 radical (unpaired) electrons. The van der Waals surface area contributed by atoms with Crippen molar-refractivity contribution in [1.29, 1.82) is 0 Å². The SMILES string of the molecule is CC(=O)C1(C(C)=O)C=Cc2c([C@@H]3C(=C=O)C=Cc4ccccc43)c(=C=O)ccc2=C1. The van der Waals surface area contributed by atoms with E-state index in [0.717, 1.165) is 11.1 Å². The first-order valence-electron chi connectivity index (χ1n) is 9.57. The van der Waals surface area contributed by atoms with Crippen molar-refractivity contribution in [2.24, 2.45) is 5.41 Å². The van der Waals surface area contributed by atoms with E-state index in [0.29, 0.717) is 27.1 Å². The Hall–Kier alpha value is -3.84. The Bertz CT molecular complexity index is 1350. The second-order valence-electron chi connectivity index (χ2n) is 7.54. The van der Waals surface area contributed by atoms with E-state index in [1.807, 2.05) is 42.2 Å². The molecule has 0 bridgehead atoms. The summed E-state index contributed by atoms with van der Waals surface area (Å²) in [6, 6.07) is 11.0. The van der Waals surface area contributed by atoms with Crippen molar-refractivity contribution in [1.82, 2.24) is 0 Å². The third kappa shape index (κ3) is 2.79. The molecule has 2 aromatic rings. The Morgan fingerprint density at radius 3 is 2.30 bits per heavy atom. The van der Waals surface area contributed by atoms with E-state index >= 15 is 0 Å². The third-order valence-corrected chi connectivity index (χ3v) is 5.96. The van der Waals surface area contributed by atoms with Gasteiger partial charge in [0.25, 0.3) is 0 Å². The van der Waals surface area contributed by atoms with Crippen LogP contribution < -0.4 is 10.4 Å². The molecule has 2 aromatic carbocycles. The summed E-state index contributed by atoms with van der Waals surface area (Å²) in [7, 11) is 0. The second-order valence-corrected chi connectivity index (χ2v) is 7.54. The predicted molar refractivity (Wildman–Crippen MR) is 114 cm³/mol. The standard InChI is InChI=1S/C26H18O4/c1-16(29)26(17(2)30)12-11-23-19(13-26)8-10-21(15-28)25(23)24-20(14-27)9-7-18-5-3-4-6-22(18)24/h3-13,24H,1-2H3/t24-/m1/s1. The van der Waals surface area contributed by atoms with E-state index in [2.05, 4.69) is 0 Å². The van der Waals surface area contributed by atoms with Gasteiger partial charge >= 0.3 is 0 Å². The van der Waals surface area contributed by atoms with Crippen molar-refractivity contribution in [2.45, 2.75) is 19.8 Å². The minimum absolute atomic E-state index is 0.274. The Morgan fingerprint density at radius 2 is 1.63 bits per heavy atom. The van der Waals surface area contributed by atoms with Crippen LogP contribution in [0.2, 0.25) is 0 Å². The van der Waals surface area contributed by atoms with Crippen LogP contribution >= 0.6 is 0 Å². The number of hydrogen-bond acceptors (Lipinski definition) is 4. The molecule has 0 N–H and O–H groups in total. The quantitative estimate of drug-likeness (QED) is 0.591. The van der Waals surface area contributed by atoms with E-state index in [4.69, 9.17) is 0 Å². The molecule has 2 aliphatic rings. The number of carbonyl (C=O) groups is 2. The number of rotatable bonds is 3. The minimum atomic E-state index is -1.33. The van der Waals surface area contributed by atoms with E-state index in [9.17, 15) is 19.2 Å². The Balaban J connectivity index is 2.10. The molecule has 0 heterocycles. The summed E-state index contributed by atoms with van der Waals surface area (Å²) < 4.78 is 0. The Kier molecular flexibility index (Phi) is 4.67. The molecule has 0 saturated carbocycles. The number of allylic oxidation sites excluding steroid dienone is 3. The van der Waals surface area contributed by atoms with E-state index < -0.39 is 11.3 Å². The maximum absolute atomic E-state index is 12.3. The molecule has 0 amide bonds. The fourth-order valence-corrected chi connectivity index (χ4v) is 4.33. The van der Waals surface area contributed by atoms with E-state index in [-0.39, 0.29) is 11.6 Å². The number of carbonyl (C=O) groups excluding carboxylic acids is 4. The molecule has 0 aromatic heterocycles. The molecule has 0 saturated heterocycles. The van der Waals surface area contributed by atoms with Crippen molar-refractivity contribution in [3.8, 4) is 0 Å². The molecule has 0 fully saturated rings. The number of fused-ring (bicyclic) bond motifs is 2. The molecule has 4 heteroatoms. The fraction of sp³-hybridized carbons (Fsp3) is 0.154. The Morgan fingerprint density at radius 1 is 0.900 bits per heavy atom. The van der Waals surface area contributed by atoms with Gasteiger partial charge < -0.3 is 0 Å². The molecular weight excluding hydrogens is 376 g/mol. The van der Waals surface area contributed by atoms with Gasteiger partial charge in [-0.25, -0.2) is 9.59 Å². The van der Waals surface area contributed by atoms with Gasteiger partial charge in [0.05, 0.1) is 5.22 Å². The van der Waals surface area contributed by atoms with Crippen LogP contribution in [0, 0.1) is 5.41 Å². The maximum Gasteiger partial charge on any atom is 0.151 e. The Labute approximate surface area is 173 Å². The molecule has 146 valence electrons. The van der Waals surface area contributed by atoms with Gasteiger partial charge in [-0.2, -0.15) is 0 Å². The summed E-state index contributed by atoms with van der Waals surface area (Å²) in [4.78, 5) is 48.2. The van der Waals surface area contributed by atoms with Crippen molar-refractivity contribution in [3.05, 3.63) is 86.8 Å². The van der Waals surface area contributed by atoms with Gasteiger partial charge in [-0.05, 0) is 53.5 Å². The highest BCUT2D eigenvalue weighted by Gasteiger charge is 2.38. The smallest absolute Gasteiger partial charge is 0.151 e. The van der Waals surface area contributed by atoms with Crippen LogP contribution in [-0.4, -0.2) is 23.4 Å². The largest absolute Gasteiger partial charge is 0.298 e. The molecule has 4 rings (SSSR count). The van der Waals surface area contributed by atoms with Crippen molar-refractivity contribution in [3.63, 3.8) is 0 Å². The fourth-order valence-electron chi connectivity index (χ4n) is 4.33. The zero-order valence-corrected chi connectivity index (χ0v) is 16.6. The van der Waals surface area contributed by atoms with Crippen molar-refractivity contribution >= 4 is 41.7 Å². The van der Waals surface area contributed by atoms with Crippen LogP contribution in [0.4, 0.5) is 0 Å². The van der Waals surface area contributed by atoms with Crippen molar-refractivity contribution in [2.75, 3.05) is 0 Å². The van der Waals surface area contributed by atoms with Crippen LogP contribution in [0.25, 0.3) is 18.2 Å². The van der Waals surface area contributed by atoms with Gasteiger partial charge in [-0.15, -0.1) is 0 Å². The third-order valence-electron chi connectivity index (χ3n) is 5.96. The number of benzene rings is 2. The highest BCUT2D eigenvalue weighted by Crippen LogP contribution is 2.38. The zero-order valence-electron chi connectivity index (χ0n) is 16.6. The highest BCUT2D eigenvalue weighted by atomic mass is 16.2. The number of hydrogen-bond donors (Lipinski definition) is 0. The lowest BCUT2D eigenvalue weighted by Gasteiger charge is -2.28. The van der Waals surface area contributed by atoms with Gasteiger partial charge in [-0.3, -0.25) is 9.59 Å². The molecule has 4 nitrogen and oxygen atoms in total. The molecule has 1 atom stereocenters. The van der Waals surface area contributed by atoms with Gasteiger partial charge in [0.1, 0.15) is 17.3 Å². The summed E-state index contributed by atoms with van der Waals surface area (Å²) in [6.45, 7) is 2.77. The first-order chi connectivity index (χ1) is 14.4. The minimum Gasteiger partial charge on any atom is -0.298 e. The van der Waals surface area contributed by atoms with Gasteiger partial charge in [-0.1, -0.05) is 54.6 Å².